The van der Waals surface area contributed by atoms with Crippen molar-refractivity contribution in [2.24, 2.45) is 5.92 Å². The highest BCUT2D eigenvalue weighted by Gasteiger charge is 2.31. The molecule has 1 fully saturated rings. The van der Waals surface area contributed by atoms with Crippen LogP contribution in [0.1, 0.15) is 27.2 Å². The van der Waals surface area contributed by atoms with Gasteiger partial charge in [-0.25, -0.2) is 4.79 Å². The second-order valence-corrected chi connectivity index (χ2v) is 7.69. The Morgan fingerprint density at radius 1 is 1.27 bits per heavy atom. The zero-order chi connectivity index (χ0) is 18.7. The van der Waals surface area contributed by atoms with Crippen LogP contribution in [-0.2, 0) is 9.53 Å². The molecule has 0 bridgehead atoms. The summed E-state index contributed by atoms with van der Waals surface area (Å²) in [6.45, 7) is 7.47. The first-order valence-corrected chi connectivity index (χ1v) is 8.96. The van der Waals surface area contributed by atoms with Gasteiger partial charge in [-0.05, 0) is 45.2 Å². The molecule has 0 saturated carbocycles. The highest BCUT2D eigenvalue weighted by molar-refractivity contribution is 5.81. The number of para-hydroxylation sites is 2. The van der Waals surface area contributed by atoms with E-state index in [0.717, 1.165) is 6.42 Å². The molecule has 7 nitrogen and oxygen atoms in total. The van der Waals surface area contributed by atoms with Gasteiger partial charge >= 0.3 is 6.09 Å². The lowest BCUT2D eigenvalue weighted by atomic mass is 10.1. The van der Waals surface area contributed by atoms with Crippen LogP contribution in [0.15, 0.2) is 24.3 Å². The van der Waals surface area contributed by atoms with Crippen LogP contribution in [0.5, 0.6) is 11.5 Å². The number of hydrogen-bond donors (Lipinski definition) is 1. The van der Waals surface area contributed by atoms with Gasteiger partial charge in [0.05, 0.1) is 0 Å². The largest absolute Gasteiger partial charge is 0.485 e. The molecule has 7 heteroatoms. The zero-order valence-electron chi connectivity index (χ0n) is 15.5. The Morgan fingerprint density at radius 2 is 2.00 bits per heavy atom. The fourth-order valence-electron chi connectivity index (χ4n) is 3.00. The molecule has 1 aromatic rings. The fourth-order valence-corrected chi connectivity index (χ4v) is 3.00. The topological polar surface area (TPSA) is 77.1 Å². The molecule has 0 unspecified atom stereocenters. The molecule has 0 radical (unpaired) electrons. The summed E-state index contributed by atoms with van der Waals surface area (Å²) in [5.41, 5.74) is -0.502. The van der Waals surface area contributed by atoms with E-state index in [0.29, 0.717) is 31.1 Å². The Bertz CT molecular complexity index is 670. The molecule has 2 amide bonds. The third kappa shape index (κ3) is 4.59. The average Bonchev–Trinajstić information content (AvgIpc) is 3.07. The van der Waals surface area contributed by atoms with Crippen LogP contribution in [0.2, 0.25) is 0 Å². The number of benzene rings is 1. The van der Waals surface area contributed by atoms with Crippen LogP contribution in [0.3, 0.4) is 0 Å². The third-order valence-electron chi connectivity index (χ3n) is 4.30. The van der Waals surface area contributed by atoms with Gasteiger partial charge in [-0.3, -0.25) is 4.79 Å². The maximum Gasteiger partial charge on any atom is 0.410 e. The van der Waals surface area contributed by atoms with Gasteiger partial charge < -0.3 is 24.4 Å². The highest BCUT2D eigenvalue weighted by atomic mass is 16.6. The number of likely N-dealkylation sites (tertiary alicyclic amines) is 1. The number of carbonyl (C=O) groups is 2. The van der Waals surface area contributed by atoms with Gasteiger partial charge in [0.1, 0.15) is 12.2 Å². The van der Waals surface area contributed by atoms with Crippen LogP contribution in [0.25, 0.3) is 0 Å². The van der Waals surface area contributed by atoms with E-state index in [1.54, 1.807) is 11.0 Å². The van der Waals surface area contributed by atoms with Crippen molar-refractivity contribution in [3.05, 3.63) is 24.3 Å². The number of nitrogens with zero attached hydrogens (tertiary/aromatic N) is 1. The molecule has 26 heavy (non-hydrogen) atoms. The molecule has 142 valence electrons. The second-order valence-electron chi connectivity index (χ2n) is 7.69. The summed E-state index contributed by atoms with van der Waals surface area (Å²) >= 11 is 0. The Morgan fingerprint density at radius 3 is 2.73 bits per heavy atom. The van der Waals surface area contributed by atoms with Crippen molar-refractivity contribution in [3.8, 4) is 11.5 Å². The van der Waals surface area contributed by atoms with Gasteiger partial charge in [0.25, 0.3) is 5.91 Å². The number of amides is 2. The van der Waals surface area contributed by atoms with Crippen LogP contribution >= 0.6 is 0 Å². The van der Waals surface area contributed by atoms with Gasteiger partial charge in [-0.15, -0.1) is 0 Å². The number of fused-ring (bicyclic) bond motifs is 1. The van der Waals surface area contributed by atoms with E-state index in [-0.39, 0.29) is 24.5 Å². The molecule has 2 heterocycles. The van der Waals surface area contributed by atoms with Gasteiger partial charge in [0, 0.05) is 19.6 Å². The van der Waals surface area contributed by atoms with Crippen molar-refractivity contribution >= 4 is 12.0 Å². The van der Waals surface area contributed by atoms with Crippen molar-refractivity contribution in [3.63, 3.8) is 0 Å². The van der Waals surface area contributed by atoms with E-state index in [4.69, 9.17) is 14.2 Å². The van der Waals surface area contributed by atoms with E-state index in [1.165, 1.54) is 0 Å². The number of carbonyl (C=O) groups excluding carboxylic acids is 2. The molecule has 1 N–H and O–H groups in total. The molecule has 2 aliphatic heterocycles. The van der Waals surface area contributed by atoms with Crippen LogP contribution in [0.4, 0.5) is 4.79 Å². The highest BCUT2D eigenvalue weighted by Crippen LogP contribution is 2.30. The van der Waals surface area contributed by atoms with Crippen molar-refractivity contribution in [2.75, 3.05) is 26.2 Å². The summed E-state index contributed by atoms with van der Waals surface area (Å²) in [7, 11) is 0. The predicted octanol–water partition coefficient (Wildman–Crippen LogP) is 2.20. The molecule has 0 aromatic heterocycles. The minimum absolute atomic E-state index is 0.192. The molecule has 1 saturated heterocycles. The Kier molecular flexibility index (Phi) is 5.25. The molecule has 2 aliphatic rings. The van der Waals surface area contributed by atoms with Crippen LogP contribution in [-0.4, -0.2) is 54.8 Å². The standard InChI is InChI=1S/C19H26N2O5/c1-19(2,3)26-18(23)21-9-8-13(11-21)10-20-17(22)16-12-24-14-6-4-5-7-15(14)25-16/h4-7,13,16H,8-12H2,1-3H3,(H,20,22)/t13-,16+/m0/s1. The predicted molar refractivity (Wildman–Crippen MR) is 95.3 cm³/mol. The first-order chi connectivity index (χ1) is 12.3. The summed E-state index contributed by atoms with van der Waals surface area (Å²) in [6.07, 6.45) is -0.120. The second kappa shape index (κ2) is 7.43. The van der Waals surface area contributed by atoms with E-state index in [2.05, 4.69) is 5.32 Å². The van der Waals surface area contributed by atoms with Gasteiger partial charge in [-0.1, -0.05) is 12.1 Å². The minimum atomic E-state index is -0.659. The smallest absolute Gasteiger partial charge is 0.410 e. The zero-order valence-corrected chi connectivity index (χ0v) is 15.5. The molecule has 0 spiro atoms. The lowest BCUT2D eigenvalue weighted by molar-refractivity contribution is -0.130. The summed E-state index contributed by atoms with van der Waals surface area (Å²) in [5, 5.41) is 2.91. The molecular formula is C19H26N2O5. The van der Waals surface area contributed by atoms with Crippen LogP contribution < -0.4 is 14.8 Å². The van der Waals surface area contributed by atoms with Gasteiger partial charge in [0.15, 0.2) is 11.5 Å². The number of nitrogens with one attached hydrogen (secondary N) is 1. The van der Waals surface area contributed by atoms with Crippen LogP contribution in [0, 0.1) is 5.92 Å². The van der Waals surface area contributed by atoms with E-state index in [1.807, 2.05) is 39.0 Å². The lowest BCUT2D eigenvalue weighted by Gasteiger charge is -2.26. The monoisotopic (exact) mass is 362 g/mol. The lowest BCUT2D eigenvalue weighted by Crippen LogP contribution is -2.45. The average molecular weight is 362 g/mol. The minimum Gasteiger partial charge on any atom is -0.485 e. The number of ether oxygens (including phenoxy) is 3. The van der Waals surface area contributed by atoms with Gasteiger partial charge in [0.2, 0.25) is 6.10 Å². The normalized spacial score (nSPS) is 22.0. The summed E-state index contributed by atoms with van der Waals surface area (Å²) in [5.74, 6) is 1.25. The van der Waals surface area contributed by atoms with E-state index in [9.17, 15) is 9.59 Å². The Hall–Kier alpha value is -2.44. The van der Waals surface area contributed by atoms with Gasteiger partial charge in [-0.2, -0.15) is 0 Å². The van der Waals surface area contributed by atoms with Crippen molar-refractivity contribution in [1.29, 1.82) is 0 Å². The van der Waals surface area contributed by atoms with Crippen molar-refractivity contribution < 1.29 is 23.8 Å². The summed E-state index contributed by atoms with van der Waals surface area (Å²) in [4.78, 5) is 26.1. The van der Waals surface area contributed by atoms with E-state index < -0.39 is 11.7 Å². The Balaban J connectivity index is 1.44. The Labute approximate surface area is 153 Å². The summed E-state index contributed by atoms with van der Waals surface area (Å²) < 4.78 is 16.7. The molecular weight excluding hydrogens is 336 g/mol. The maximum atomic E-state index is 12.3. The SMILES string of the molecule is CC(C)(C)OC(=O)N1CC[C@@H](CNC(=O)[C@H]2COc3ccccc3O2)C1. The number of hydrogen-bond acceptors (Lipinski definition) is 5. The quantitative estimate of drug-likeness (QED) is 0.892. The molecule has 3 rings (SSSR count). The molecule has 0 aliphatic carbocycles. The van der Waals surface area contributed by atoms with Crippen molar-refractivity contribution in [1.82, 2.24) is 10.2 Å². The first kappa shape index (κ1) is 18.4. The molecule has 2 atom stereocenters. The third-order valence-corrected chi connectivity index (χ3v) is 4.30. The number of rotatable bonds is 3. The first-order valence-electron chi connectivity index (χ1n) is 8.96. The maximum absolute atomic E-state index is 12.3. The molecule has 1 aromatic carbocycles. The van der Waals surface area contributed by atoms with Crippen molar-refractivity contribution in [2.45, 2.75) is 38.9 Å². The summed E-state index contributed by atoms with van der Waals surface area (Å²) in [6, 6.07) is 7.29. The fraction of sp³-hybridized carbons (Fsp3) is 0.579. The van der Waals surface area contributed by atoms with E-state index >= 15 is 0 Å².